The van der Waals surface area contributed by atoms with Crippen molar-refractivity contribution in [2.45, 2.75) is 25.3 Å². The van der Waals surface area contributed by atoms with Gasteiger partial charge in [-0.2, -0.15) is 0 Å². The zero-order chi connectivity index (χ0) is 27.6. The molecule has 5 rings (SSSR count). The van der Waals surface area contributed by atoms with Crippen molar-refractivity contribution in [1.29, 1.82) is 0 Å². The van der Waals surface area contributed by atoms with Crippen LogP contribution in [-0.4, -0.2) is 30.8 Å². The molecule has 7 nitrogen and oxygen atoms in total. The summed E-state index contributed by atoms with van der Waals surface area (Å²) in [6.07, 6.45) is 3.35. The highest BCUT2D eigenvalue weighted by molar-refractivity contribution is 7.92. The Labute approximate surface area is 236 Å². The number of rotatable bonds is 8. The average Bonchev–Trinajstić information content (AvgIpc) is 3.37. The summed E-state index contributed by atoms with van der Waals surface area (Å²) in [5.74, 6) is -0.297. The average molecular weight is 577 g/mol. The van der Waals surface area contributed by atoms with Gasteiger partial charge in [0.25, 0.3) is 15.9 Å². The third kappa shape index (κ3) is 5.52. The molecule has 198 valence electrons. The molecule has 10 heteroatoms. The molecule has 0 bridgehead atoms. The molecule has 0 unspecified atom stereocenters. The molecule has 0 saturated heterocycles. The Morgan fingerprint density at radius 1 is 0.974 bits per heavy atom. The van der Waals surface area contributed by atoms with E-state index >= 15 is 0 Å². The number of hydrogen-bond donors (Lipinski definition) is 0. The molecule has 0 saturated carbocycles. The van der Waals surface area contributed by atoms with Crippen LogP contribution in [0.5, 0.6) is 0 Å². The first-order chi connectivity index (χ1) is 18.8. The van der Waals surface area contributed by atoms with Crippen molar-refractivity contribution in [3.05, 3.63) is 113 Å². The van der Waals surface area contributed by atoms with E-state index in [1.54, 1.807) is 60.6 Å². The SMILES string of the molecule is CCN(c1ccccc1)S(=O)(=O)c1ccc(C(=O)N(Cc2ccncc2)c2nc3c(C)cc(Cl)cc3s2)cc1. The van der Waals surface area contributed by atoms with Gasteiger partial charge >= 0.3 is 0 Å². The minimum Gasteiger partial charge on any atom is -0.279 e. The molecular formula is C29H25ClN4O3S2. The molecule has 0 fully saturated rings. The molecule has 39 heavy (non-hydrogen) atoms. The van der Waals surface area contributed by atoms with E-state index in [1.807, 2.05) is 37.3 Å². The van der Waals surface area contributed by atoms with Gasteiger partial charge < -0.3 is 0 Å². The van der Waals surface area contributed by atoms with E-state index in [2.05, 4.69) is 4.98 Å². The van der Waals surface area contributed by atoms with Crippen LogP contribution < -0.4 is 9.21 Å². The smallest absolute Gasteiger partial charge is 0.264 e. The summed E-state index contributed by atoms with van der Waals surface area (Å²) in [5.41, 5.74) is 3.52. The van der Waals surface area contributed by atoms with E-state index in [-0.39, 0.29) is 23.9 Å². The zero-order valence-electron chi connectivity index (χ0n) is 21.3. The van der Waals surface area contributed by atoms with Crippen LogP contribution in [0.25, 0.3) is 10.2 Å². The predicted octanol–water partition coefficient (Wildman–Crippen LogP) is 6.72. The second kappa shape index (κ2) is 11.1. The number of amides is 1. The lowest BCUT2D eigenvalue weighted by atomic mass is 10.2. The molecule has 1 amide bonds. The van der Waals surface area contributed by atoms with Crippen molar-refractivity contribution in [3.8, 4) is 0 Å². The minimum absolute atomic E-state index is 0.107. The Balaban J connectivity index is 1.50. The predicted molar refractivity (Wildman–Crippen MR) is 157 cm³/mol. The molecule has 0 N–H and O–H groups in total. The fourth-order valence-electron chi connectivity index (χ4n) is 4.29. The standard InChI is InChI=1S/C29H25ClN4O3S2/c1-3-34(24-7-5-4-6-8-24)39(36,37)25-11-9-22(10-12-25)28(35)33(19-21-13-15-31-16-14-21)29-32-27-20(2)17-23(30)18-26(27)38-29/h4-18H,3,19H2,1-2H3. The lowest BCUT2D eigenvalue weighted by molar-refractivity contribution is 0.0985. The summed E-state index contributed by atoms with van der Waals surface area (Å²) in [5, 5.41) is 1.13. The molecule has 2 aromatic heterocycles. The van der Waals surface area contributed by atoms with E-state index in [9.17, 15) is 13.2 Å². The van der Waals surface area contributed by atoms with Crippen molar-refractivity contribution in [3.63, 3.8) is 0 Å². The quantitative estimate of drug-likeness (QED) is 0.205. The Morgan fingerprint density at radius 2 is 1.67 bits per heavy atom. The number of halogens is 1. The highest BCUT2D eigenvalue weighted by Crippen LogP contribution is 2.34. The number of benzene rings is 3. The molecule has 0 aliphatic rings. The van der Waals surface area contributed by atoms with Crippen LogP contribution in [0.4, 0.5) is 10.8 Å². The Kier molecular flexibility index (Phi) is 7.65. The summed E-state index contributed by atoms with van der Waals surface area (Å²) in [7, 11) is -3.82. The fourth-order valence-corrected chi connectivity index (χ4v) is 7.18. The first kappa shape index (κ1) is 26.8. The van der Waals surface area contributed by atoms with Crippen LogP contribution in [0.15, 0.2) is 96.2 Å². The number of aromatic nitrogens is 2. The highest BCUT2D eigenvalue weighted by atomic mass is 35.5. The second-order valence-corrected chi connectivity index (χ2v) is 12.2. The zero-order valence-corrected chi connectivity index (χ0v) is 23.7. The number of nitrogens with zero attached hydrogens (tertiary/aromatic N) is 4. The topological polar surface area (TPSA) is 83.5 Å². The molecule has 0 aliphatic heterocycles. The molecule has 0 aliphatic carbocycles. The number of fused-ring (bicyclic) bond motifs is 1. The second-order valence-electron chi connectivity index (χ2n) is 8.84. The fraction of sp³-hybridized carbons (Fsp3) is 0.138. The number of pyridine rings is 1. The third-order valence-corrected chi connectivity index (χ3v) is 9.39. The van der Waals surface area contributed by atoms with Crippen molar-refractivity contribution in [2.24, 2.45) is 0 Å². The lowest BCUT2D eigenvalue weighted by Crippen LogP contribution is -2.31. The molecule has 3 aromatic carbocycles. The van der Waals surface area contributed by atoms with E-state index in [0.29, 0.717) is 21.4 Å². The van der Waals surface area contributed by atoms with Crippen molar-refractivity contribution >= 4 is 59.9 Å². The number of sulfonamides is 1. The highest BCUT2D eigenvalue weighted by Gasteiger charge is 2.26. The van der Waals surface area contributed by atoms with Gasteiger partial charge in [0.05, 0.1) is 27.3 Å². The van der Waals surface area contributed by atoms with Crippen LogP contribution in [0.2, 0.25) is 5.02 Å². The molecule has 2 heterocycles. The van der Waals surface area contributed by atoms with Crippen molar-refractivity contribution in [2.75, 3.05) is 15.7 Å². The van der Waals surface area contributed by atoms with Gasteiger partial charge in [-0.25, -0.2) is 13.4 Å². The maximum atomic E-state index is 13.8. The normalized spacial score (nSPS) is 11.5. The van der Waals surface area contributed by atoms with Crippen LogP contribution in [0, 0.1) is 6.92 Å². The van der Waals surface area contributed by atoms with Crippen LogP contribution in [-0.2, 0) is 16.6 Å². The van der Waals surface area contributed by atoms with Gasteiger partial charge in [0.2, 0.25) is 0 Å². The van der Waals surface area contributed by atoms with E-state index < -0.39 is 10.0 Å². The van der Waals surface area contributed by atoms with E-state index in [0.717, 1.165) is 21.3 Å². The molecular weight excluding hydrogens is 552 g/mol. The number of aryl methyl sites for hydroxylation is 1. The van der Waals surface area contributed by atoms with Crippen molar-refractivity contribution in [1.82, 2.24) is 9.97 Å². The number of hydrogen-bond acceptors (Lipinski definition) is 6. The van der Waals surface area contributed by atoms with Gasteiger partial charge in [0.1, 0.15) is 0 Å². The van der Waals surface area contributed by atoms with Gasteiger partial charge in [-0.3, -0.25) is 19.0 Å². The Hall–Kier alpha value is -3.79. The molecule has 0 radical (unpaired) electrons. The Morgan fingerprint density at radius 3 is 2.33 bits per heavy atom. The van der Waals surface area contributed by atoms with Gasteiger partial charge in [0, 0.05) is 29.5 Å². The van der Waals surface area contributed by atoms with E-state index in [1.165, 1.54) is 27.8 Å². The monoisotopic (exact) mass is 576 g/mol. The first-order valence-electron chi connectivity index (χ1n) is 12.2. The molecule has 0 atom stereocenters. The lowest BCUT2D eigenvalue weighted by Gasteiger charge is -2.23. The van der Waals surface area contributed by atoms with Crippen molar-refractivity contribution < 1.29 is 13.2 Å². The summed E-state index contributed by atoms with van der Waals surface area (Å²) in [4.78, 5) is 24.4. The van der Waals surface area contributed by atoms with Crippen LogP contribution in [0.1, 0.15) is 28.4 Å². The summed E-state index contributed by atoms with van der Waals surface area (Å²) in [6, 6.07) is 22.3. The number of para-hydroxylation sites is 1. The summed E-state index contributed by atoms with van der Waals surface area (Å²) in [6.45, 7) is 4.26. The minimum atomic E-state index is -3.82. The summed E-state index contributed by atoms with van der Waals surface area (Å²) < 4.78 is 29.0. The van der Waals surface area contributed by atoms with Gasteiger partial charge in [-0.05, 0) is 85.6 Å². The Bertz CT molecular complexity index is 1730. The number of carbonyl (C=O) groups is 1. The maximum absolute atomic E-state index is 13.8. The number of anilines is 2. The first-order valence-corrected chi connectivity index (χ1v) is 14.9. The van der Waals surface area contributed by atoms with Crippen LogP contribution >= 0.6 is 22.9 Å². The number of carbonyl (C=O) groups excluding carboxylic acids is 1. The largest absolute Gasteiger partial charge is 0.279 e. The number of thiazole rings is 1. The third-order valence-electron chi connectivity index (χ3n) is 6.23. The maximum Gasteiger partial charge on any atom is 0.264 e. The van der Waals surface area contributed by atoms with Gasteiger partial charge in [-0.1, -0.05) is 41.1 Å². The summed E-state index contributed by atoms with van der Waals surface area (Å²) >= 11 is 7.64. The molecule has 5 aromatic rings. The van der Waals surface area contributed by atoms with Gasteiger partial charge in [-0.15, -0.1) is 0 Å². The van der Waals surface area contributed by atoms with Gasteiger partial charge in [0.15, 0.2) is 5.13 Å². The molecule has 0 spiro atoms. The van der Waals surface area contributed by atoms with Crippen LogP contribution in [0.3, 0.4) is 0 Å². The van der Waals surface area contributed by atoms with E-state index in [4.69, 9.17) is 16.6 Å².